The molecule has 2 aromatic rings. The number of nitrogens with one attached hydrogen (secondary N) is 1. The Labute approximate surface area is 136 Å². The van der Waals surface area contributed by atoms with Crippen molar-refractivity contribution in [3.63, 3.8) is 0 Å². The van der Waals surface area contributed by atoms with Crippen molar-refractivity contribution < 1.29 is 0 Å². The van der Waals surface area contributed by atoms with E-state index < -0.39 is 0 Å². The molecule has 0 aliphatic heterocycles. The van der Waals surface area contributed by atoms with E-state index in [0.29, 0.717) is 6.04 Å². The molecule has 0 saturated carbocycles. The van der Waals surface area contributed by atoms with E-state index in [4.69, 9.17) is 0 Å². The molecule has 21 heavy (non-hydrogen) atoms. The second-order valence-corrected chi connectivity index (χ2v) is 6.22. The zero-order chi connectivity index (χ0) is 13.9. The van der Waals surface area contributed by atoms with Crippen molar-refractivity contribution >= 4 is 24.2 Å². The molecule has 3 rings (SSSR count). The minimum absolute atomic E-state index is 0. The molecule has 1 N–H and O–H groups in total. The van der Waals surface area contributed by atoms with Gasteiger partial charge in [0.05, 0.1) is 6.20 Å². The molecule has 1 heterocycles. The molecule has 1 atom stereocenters. The van der Waals surface area contributed by atoms with Gasteiger partial charge in [0, 0.05) is 35.8 Å². The Morgan fingerprint density at radius 3 is 2.81 bits per heavy atom. The lowest BCUT2D eigenvalue weighted by molar-refractivity contribution is 0.452. The summed E-state index contributed by atoms with van der Waals surface area (Å²) in [5, 5.41) is 8.08. The number of aryl methyl sites for hydroxylation is 1. The number of hydrogen-bond donors (Lipinski definition) is 1. The number of aromatic nitrogens is 2. The Balaban J connectivity index is 0.00000161. The number of halogens is 1. The standard InChI is InChI=1S/C16H21N3S.ClH/c1-19-16-5-3-4-15(14(16)11-18-19)17-10-12-6-8-13(20-2)9-7-12;/h6-9,11,15,17H,3-5,10H2,1-2H3;1H. The van der Waals surface area contributed by atoms with Crippen LogP contribution in [-0.4, -0.2) is 16.0 Å². The molecular weight excluding hydrogens is 302 g/mol. The second-order valence-electron chi connectivity index (χ2n) is 5.34. The van der Waals surface area contributed by atoms with Crippen LogP contribution in [0.4, 0.5) is 0 Å². The van der Waals surface area contributed by atoms with Crippen molar-refractivity contribution in [2.45, 2.75) is 36.7 Å². The Morgan fingerprint density at radius 2 is 2.10 bits per heavy atom. The molecule has 0 fully saturated rings. The van der Waals surface area contributed by atoms with Crippen LogP contribution < -0.4 is 5.32 Å². The molecule has 0 radical (unpaired) electrons. The Kier molecular flexibility index (Phi) is 5.73. The normalized spacial score (nSPS) is 17.1. The lowest BCUT2D eigenvalue weighted by atomic mass is 9.93. The maximum absolute atomic E-state index is 4.40. The van der Waals surface area contributed by atoms with E-state index in [9.17, 15) is 0 Å². The largest absolute Gasteiger partial charge is 0.306 e. The van der Waals surface area contributed by atoms with Gasteiger partial charge in [0.1, 0.15) is 0 Å². The van der Waals surface area contributed by atoms with Crippen molar-refractivity contribution in [2.75, 3.05) is 6.26 Å². The zero-order valence-corrected chi connectivity index (χ0v) is 14.1. The van der Waals surface area contributed by atoms with Gasteiger partial charge in [-0.25, -0.2) is 0 Å². The number of hydrogen-bond acceptors (Lipinski definition) is 3. The highest BCUT2D eigenvalue weighted by atomic mass is 35.5. The molecule has 1 aromatic carbocycles. The SMILES string of the molecule is CSc1ccc(CNC2CCCc3c2cnn3C)cc1.Cl. The average molecular weight is 324 g/mol. The van der Waals surface area contributed by atoms with E-state index in [1.807, 2.05) is 17.9 Å². The van der Waals surface area contributed by atoms with Gasteiger partial charge in [-0.05, 0) is 43.2 Å². The minimum atomic E-state index is 0. The third-order valence-corrected chi connectivity index (χ3v) is 4.83. The van der Waals surface area contributed by atoms with Crippen LogP contribution in [0, 0.1) is 0 Å². The first-order valence-electron chi connectivity index (χ1n) is 7.15. The number of thioether (sulfide) groups is 1. The van der Waals surface area contributed by atoms with Gasteiger partial charge in [-0.15, -0.1) is 24.2 Å². The van der Waals surface area contributed by atoms with Gasteiger partial charge in [0.15, 0.2) is 0 Å². The van der Waals surface area contributed by atoms with Crippen LogP contribution in [0.2, 0.25) is 0 Å². The summed E-state index contributed by atoms with van der Waals surface area (Å²) in [6.07, 6.45) is 7.76. The molecule has 1 unspecified atom stereocenters. The van der Waals surface area contributed by atoms with Crippen LogP contribution in [0.5, 0.6) is 0 Å². The van der Waals surface area contributed by atoms with Crippen molar-refractivity contribution in [1.82, 2.24) is 15.1 Å². The Bertz CT molecular complexity index is 580. The smallest absolute Gasteiger partial charge is 0.0540 e. The number of rotatable bonds is 4. The van der Waals surface area contributed by atoms with E-state index >= 15 is 0 Å². The molecule has 1 aliphatic rings. The molecule has 0 amide bonds. The molecule has 0 saturated heterocycles. The maximum atomic E-state index is 4.40. The van der Waals surface area contributed by atoms with Crippen molar-refractivity contribution in [3.8, 4) is 0 Å². The molecule has 1 aromatic heterocycles. The molecule has 0 spiro atoms. The first-order chi connectivity index (χ1) is 9.78. The Morgan fingerprint density at radius 1 is 1.33 bits per heavy atom. The van der Waals surface area contributed by atoms with E-state index in [0.717, 1.165) is 13.0 Å². The van der Waals surface area contributed by atoms with E-state index in [1.54, 1.807) is 11.8 Å². The summed E-state index contributed by atoms with van der Waals surface area (Å²) < 4.78 is 2.02. The maximum Gasteiger partial charge on any atom is 0.0540 e. The quantitative estimate of drug-likeness (QED) is 0.869. The van der Waals surface area contributed by atoms with Crippen molar-refractivity contribution in [1.29, 1.82) is 0 Å². The van der Waals surface area contributed by atoms with Gasteiger partial charge >= 0.3 is 0 Å². The summed E-state index contributed by atoms with van der Waals surface area (Å²) in [6, 6.07) is 9.26. The summed E-state index contributed by atoms with van der Waals surface area (Å²) in [4.78, 5) is 1.32. The number of nitrogens with zero attached hydrogens (tertiary/aromatic N) is 2. The number of benzene rings is 1. The number of fused-ring (bicyclic) bond motifs is 1. The topological polar surface area (TPSA) is 29.9 Å². The van der Waals surface area contributed by atoms with E-state index in [-0.39, 0.29) is 12.4 Å². The van der Waals surface area contributed by atoms with E-state index in [1.165, 1.54) is 34.6 Å². The van der Waals surface area contributed by atoms with Crippen LogP contribution in [-0.2, 0) is 20.0 Å². The van der Waals surface area contributed by atoms with Crippen molar-refractivity contribution in [2.24, 2.45) is 7.05 Å². The molecular formula is C16H22ClN3S. The monoisotopic (exact) mass is 323 g/mol. The van der Waals surface area contributed by atoms with Gasteiger partial charge in [0.25, 0.3) is 0 Å². The van der Waals surface area contributed by atoms with E-state index in [2.05, 4.69) is 40.9 Å². The third kappa shape index (κ3) is 3.62. The highest BCUT2D eigenvalue weighted by Crippen LogP contribution is 2.29. The van der Waals surface area contributed by atoms with Crippen LogP contribution in [0.1, 0.15) is 35.7 Å². The third-order valence-electron chi connectivity index (χ3n) is 4.09. The summed E-state index contributed by atoms with van der Waals surface area (Å²) in [5.74, 6) is 0. The molecule has 0 bridgehead atoms. The van der Waals surface area contributed by atoms with Crippen LogP contribution in [0.15, 0.2) is 35.4 Å². The van der Waals surface area contributed by atoms with Crippen LogP contribution in [0.25, 0.3) is 0 Å². The second kappa shape index (κ2) is 7.34. The molecule has 1 aliphatic carbocycles. The fourth-order valence-corrected chi connectivity index (χ4v) is 3.31. The first-order valence-corrected chi connectivity index (χ1v) is 8.37. The van der Waals surface area contributed by atoms with Gasteiger partial charge in [-0.3, -0.25) is 4.68 Å². The molecule has 114 valence electrons. The first kappa shape index (κ1) is 16.4. The fraction of sp³-hybridized carbons (Fsp3) is 0.438. The lowest BCUT2D eigenvalue weighted by Gasteiger charge is -2.24. The predicted molar refractivity (Wildman–Crippen MR) is 91.2 cm³/mol. The Hall–Kier alpha value is -0.970. The van der Waals surface area contributed by atoms with Crippen molar-refractivity contribution in [3.05, 3.63) is 47.3 Å². The lowest BCUT2D eigenvalue weighted by Crippen LogP contribution is -2.24. The zero-order valence-electron chi connectivity index (χ0n) is 12.5. The molecule has 5 heteroatoms. The summed E-state index contributed by atoms with van der Waals surface area (Å²) in [5.41, 5.74) is 4.13. The average Bonchev–Trinajstić information content (AvgIpc) is 2.88. The van der Waals surface area contributed by atoms with Crippen LogP contribution >= 0.6 is 24.2 Å². The summed E-state index contributed by atoms with van der Waals surface area (Å²) in [6.45, 7) is 0.924. The van der Waals surface area contributed by atoms with Gasteiger partial charge in [-0.1, -0.05) is 12.1 Å². The highest BCUT2D eigenvalue weighted by Gasteiger charge is 2.22. The molecule has 3 nitrogen and oxygen atoms in total. The van der Waals surface area contributed by atoms with Gasteiger partial charge < -0.3 is 5.32 Å². The van der Waals surface area contributed by atoms with Gasteiger partial charge in [-0.2, -0.15) is 5.10 Å². The summed E-state index contributed by atoms with van der Waals surface area (Å²) >= 11 is 1.79. The van der Waals surface area contributed by atoms with Gasteiger partial charge in [0.2, 0.25) is 0 Å². The minimum Gasteiger partial charge on any atom is -0.306 e. The summed E-state index contributed by atoms with van der Waals surface area (Å²) in [7, 11) is 2.04. The fourth-order valence-electron chi connectivity index (χ4n) is 2.90. The highest BCUT2D eigenvalue weighted by molar-refractivity contribution is 7.98. The van der Waals surface area contributed by atoms with Crippen LogP contribution in [0.3, 0.4) is 0 Å². The predicted octanol–water partition coefficient (Wildman–Crippen LogP) is 3.73.